The molecule has 0 saturated carbocycles. The Morgan fingerprint density at radius 3 is 2.78 bits per heavy atom. The highest BCUT2D eigenvalue weighted by molar-refractivity contribution is 5.95. The molecule has 3 atom stereocenters. The average Bonchev–Trinajstić information content (AvgIpc) is 3.17. The van der Waals surface area contributed by atoms with E-state index in [0.29, 0.717) is 37.4 Å². The van der Waals surface area contributed by atoms with Crippen LogP contribution in [0, 0.1) is 0 Å². The van der Waals surface area contributed by atoms with Gasteiger partial charge in [0.1, 0.15) is 0 Å². The number of ether oxygens (including phenoxy) is 1. The van der Waals surface area contributed by atoms with Crippen LogP contribution in [0.1, 0.15) is 77.6 Å². The Bertz CT molecular complexity index is 731. The lowest BCUT2D eigenvalue weighted by atomic mass is 9.97. The molecule has 0 aromatic carbocycles. The van der Waals surface area contributed by atoms with Gasteiger partial charge in [0, 0.05) is 30.9 Å². The van der Waals surface area contributed by atoms with E-state index < -0.39 is 0 Å². The summed E-state index contributed by atoms with van der Waals surface area (Å²) in [6, 6.07) is 0.659. The number of nitrogens with one attached hydrogen (secondary N) is 1. The number of aliphatic imine (C=N–C) groups is 2. The van der Waals surface area contributed by atoms with Gasteiger partial charge in [-0.2, -0.15) is 0 Å². The van der Waals surface area contributed by atoms with Crippen LogP contribution in [0.3, 0.4) is 0 Å². The Morgan fingerprint density at radius 2 is 2.00 bits per heavy atom. The molecule has 0 spiro atoms. The van der Waals surface area contributed by atoms with E-state index in [4.69, 9.17) is 26.3 Å². The van der Waals surface area contributed by atoms with E-state index in [0.717, 1.165) is 63.0 Å². The Balaban J connectivity index is 1.50. The van der Waals surface area contributed by atoms with E-state index in [1.165, 1.54) is 19.3 Å². The largest absolute Gasteiger partial charge is 0.462 e. The predicted octanol–water partition coefficient (Wildman–Crippen LogP) is 1.75. The number of carbonyl (C=O) groups is 1. The maximum Gasteiger partial charge on any atom is 0.337 e. The van der Waals surface area contributed by atoms with Gasteiger partial charge in [0.05, 0.1) is 18.2 Å². The summed E-state index contributed by atoms with van der Waals surface area (Å²) >= 11 is 0. The van der Waals surface area contributed by atoms with Crippen molar-refractivity contribution in [2.75, 3.05) is 19.8 Å². The van der Waals surface area contributed by atoms with Gasteiger partial charge in [-0.1, -0.05) is 25.7 Å². The number of hydrogen-bond acceptors (Lipinski definition) is 7. The fraction of sp³-hybridized carbons (Fsp3) is 0.783. The first-order chi connectivity index (χ1) is 15.5. The lowest BCUT2D eigenvalue weighted by Gasteiger charge is -2.42. The molecule has 0 aromatic rings. The number of hydrogen-bond donors (Lipinski definition) is 4. The molecule has 3 heterocycles. The number of nitrogens with zero attached hydrogens (tertiary/aromatic N) is 3. The van der Waals surface area contributed by atoms with Crippen molar-refractivity contribution < 1.29 is 14.6 Å². The van der Waals surface area contributed by atoms with Crippen molar-refractivity contribution in [1.29, 1.82) is 0 Å². The van der Waals surface area contributed by atoms with Crippen LogP contribution in [0.15, 0.2) is 21.3 Å². The van der Waals surface area contributed by atoms with E-state index in [9.17, 15) is 4.79 Å². The quantitative estimate of drug-likeness (QED) is 0.146. The van der Waals surface area contributed by atoms with Crippen LogP contribution in [0.4, 0.5) is 0 Å². The van der Waals surface area contributed by atoms with Gasteiger partial charge in [0.25, 0.3) is 0 Å². The Morgan fingerprint density at radius 1 is 1.22 bits per heavy atom. The summed E-state index contributed by atoms with van der Waals surface area (Å²) in [5.41, 5.74) is 12.4. The second-order valence-electron chi connectivity index (χ2n) is 9.06. The fourth-order valence-electron chi connectivity index (χ4n) is 4.97. The molecule has 0 aliphatic carbocycles. The lowest BCUT2D eigenvalue weighted by Crippen LogP contribution is -2.56. The molecule has 9 nitrogen and oxygen atoms in total. The molecule has 0 bridgehead atoms. The highest BCUT2D eigenvalue weighted by Crippen LogP contribution is 2.39. The van der Waals surface area contributed by atoms with Gasteiger partial charge < -0.3 is 31.5 Å². The molecule has 9 heteroatoms. The molecule has 180 valence electrons. The highest BCUT2D eigenvalue weighted by Gasteiger charge is 2.44. The van der Waals surface area contributed by atoms with Crippen LogP contribution in [0.5, 0.6) is 0 Å². The Kier molecular flexibility index (Phi) is 9.20. The topological polar surface area (TPSA) is 139 Å². The number of rotatable bonds is 13. The number of carbonyl (C=O) groups excluding carboxylic acids is 1. The van der Waals surface area contributed by atoms with Crippen molar-refractivity contribution in [2.45, 2.75) is 95.7 Å². The number of allylic oxidation sites excluding steroid dienone is 1. The molecule has 3 aliphatic heterocycles. The van der Waals surface area contributed by atoms with E-state index in [-0.39, 0.29) is 18.0 Å². The molecule has 32 heavy (non-hydrogen) atoms. The number of aliphatic hydroxyl groups is 1. The molecule has 0 amide bonds. The van der Waals surface area contributed by atoms with E-state index in [1.54, 1.807) is 0 Å². The minimum absolute atomic E-state index is 0.0878. The van der Waals surface area contributed by atoms with Crippen molar-refractivity contribution in [3.63, 3.8) is 0 Å². The fourth-order valence-corrected chi connectivity index (χ4v) is 4.97. The van der Waals surface area contributed by atoms with Gasteiger partial charge in [-0.25, -0.2) is 9.79 Å². The van der Waals surface area contributed by atoms with E-state index in [2.05, 4.69) is 15.2 Å². The second-order valence-corrected chi connectivity index (χ2v) is 9.06. The van der Waals surface area contributed by atoms with Gasteiger partial charge in [-0.15, -0.1) is 0 Å². The van der Waals surface area contributed by atoms with Crippen LogP contribution in [-0.2, 0) is 9.53 Å². The normalized spacial score (nSPS) is 24.0. The predicted molar refractivity (Wildman–Crippen MR) is 126 cm³/mol. The third-order valence-corrected chi connectivity index (χ3v) is 6.54. The minimum Gasteiger partial charge on any atom is -0.462 e. The minimum atomic E-state index is -0.247. The molecule has 0 radical (unpaired) electrons. The summed E-state index contributed by atoms with van der Waals surface area (Å²) in [6.45, 7) is 3.18. The number of esters is 1. The first-order valence-electron chi connectivity index (χ1n) is 12.2. The van der Waals surface area contributed by atoms with Gasteiger partial charge in [-0.3, -0.25) is 4.99 Å². The molecule has 3 rings (SSSR count). The lowest BCUT2D eigenvalue weighted by molar-refractivity contribution is -0.139. The van der Waals surface area contributed by atoms with Crippen molar-refractivity contribution >= 4 is 17.9 Å². The summed E-state index contributed by atoms with van der Waals surface area (Å²) in [6.07, 6.45) is 11.3. The summed E-state index contributed by atoms with van der Waals surface area (Å²) < 4.78 is 5.56. The number of unbranched alkanes of at least 4 members (excludes halogenated alkanes) is 5. The zero-order valence-corrected chi connectivity index (χ0v) is 19.4. The monoisotopic (exact) mass is 448 g/mol. The second kappa shape index (κ2) is 12.1. The molecule has 2 fully saturated rings. The van der Waals surface area contributed by atoms with Crippen molar-refractivity contribution in [2.24, 2.45) is 21.5 Å². The maximum atomic E-state index is 12.8. The van der Waals surface area contributed by atoms with E-state index in [1.807, 2.05) is 6.92 Å². The van der Waals surface area contributed by atoms with Crippen LogP contribution in [-0.4, -0.2) is 65.8 Å². The molecular formula is C23H40N6O3. The summed E-state index contributed by atoms with van der Waals surface area (Å²) in [5.74, 6) is 0.771. The number of guanidine groups is 2. The van der Waals surface area contributed by atoms with Crippen LogP contribution >= 0.6 is 0 Å². The van der Waals surface area contributed by atoms with Crippen LogP contribution < -0.4 is 16.8 Å². The average molecular weight is 449 g/mol. The van der Waals surface area contributed by atoms with Gasteiger partial charge in [0.2, 0.25) is 0 Å². The van der Waals surface area contributed by atoms with Crippen molar-refractivity contribution in [3.8, 4) is 0 Å². The van der Waals surface area contributed by atoms with Gasteiger partial charge in [-0.05, 0) is 51.9 Å². The highest BCUT2D eigenvalue weighted by atomic mass is 16.5. The smallest absolute Gasteiger partial charge is 0.337 e. The summed E-state index contributed by atoms with van der Waals surface area (Å²) in [4.78, 5) is 23.9. The number of aliphatic hydroxyl groups excluding tert-OH is 1. The Hall–Kier alpha value is -2.29. The van der Waals surface area contributed by atoms with Crippen molar-refractivity contribution in [3.05, 3.63) is 11.3 Å². The SMILES string of the molecule is CC1N=C2NC(CCCCCCCO)CC3CCC(=C1C(=O)OCCCCN=C(N)N)N23. The maximum absolute atomic E-state index is 12.8. The molecular weight excluding hydrogens is 408 g/mol. The first kappa shape index (κ1) is 24.4. The molecule has 2 saturated heterocycles. The van der Waals surface area contributed by atoms with Gasteiger partial charge >= 0.3 is 5.97 Å². The van der Waals surface area contributed by atoms with Gasteiger partial charge in [0.15, 0.2) is 11.9 Å². The Labute approximate surface area is 191 Å². The number of nitrogens with two attached hydrogens (primary N) is 2. The van der Waals surface area contributed by atoms with Crippen LogP contribution in [0.25, 0.3) is 0 Å². The zero-order chi connectivity index (χ0) is 22.9. The molecule has 3 unspecified atom stereocenters. The van der Waals surface area contributed by atoms with E-state index >= 15 is 0 Å². The standard InChI is InChI=1S/C23H40N6O3/c1-16-20(21(31)32-14-8-6-12-26-22(24)25)19-11-10-18-15-17(28-23(27-16)29(18)19)9-5-3-2-4-7-13-30/h16-18,30H,2-15H2,1H3,(H,27,28)(H4,24,25,26). The first-order valence-corrected chi connectivity index (χ1v) is 12.2. The third-order valence-electron chi connectivity index (χ3n) is 6.54. The molecule has 0 aromatic heterocycles. The zero-order valence-electron chi connectivity index (χ0n) is 19.4. The summed E-state index contributed by atoms with van der Waals surface area (Å²) in [5, 5.41) is 12.5. The third kappa shape index (κ3) is 6.37. The van der Waals surface area contributed by atoms with Crippen molar-refractivity contribution in [1.82, 2.24) is 10.2 Å². The molecule has 6 N–H and O–H groups in total. The summed E-state index contributed by atoms with van der Waals surface area (Å²) in [7, 11) is 0. The van der Waals surface area contributed by atoms with Crippen LogP contribution in [0.2, 0.25) is 0 Å². The molecule has 3 aliphatic rings.